The summed E-state index contributed by atoms with van der Waals surface area (Å²) in [6, 6.07) is 0. The smallest absolute Gasteiger partial charge is 0.333 e. The van der Waals surface area contributed by atoms with Crippen molar-refractivity contribution in [3.8, 4) is 0 Å². The molecule has 0 amide bonds. The number of hydrogen-bond donors (Lipinski definition) is 0. The van der Waals surface area contributed by atoms with Crippen LogP contribution in [-0.2, 0) is 9.53 Å². The lowest BCUT2D eigenvalue weighted by atomic mass is 9.61. The SMILES string of the molecule is C=C1CCC(C(C)CCC=C(C)C(=O)OC)C2C1CCC1=CCCC3(C)C1C23. The van der Waals surface area contributed by atoms with Crippen LogP contribution in [0, 0.1) is 40.9 Å². The van der Waals surface area contributed by atoms with E-state index in [1.807, 2.05) is 6.92 Å². The van der Waals surface area contributed by atoms with Crippen molar-refractivity contribution in [2.45, 2.75) is 72.1 Å². The molecule has 0 spiro atoms. The molecule has 0 heterocycles. The van der Waals surface area contributed by atoms with Crippen LogP contribution in [0.4, 0.5) is 0 Å². The molecular formula is C26H38O2. The van der Waals surface area contributed by atoms with Gasteiger partial charge in [0.05, 0.1) is 7.11 Å². The molecule has 7 unspecified atom stereocenters. The molecule has 0 aromatic heterocycles. The second-order valence-electron chi connectivity index (χ2n) is 10.3. The fourth-order valence-electron chi connectivity index (χ4n) is 7.41. The van der Waals surface area contributed by atoms with Gasteiger partial charge in [-0.1, -0.05) is 43.7 Å². The van der Waals surface area contributed by atoms with Crippen LogP contribution < -0.4 is 0 Å². The third kappa shape index (κ3) is 3.21. The Bertz CT molecular complexity index is 714. The van der Waals surface area contributed by atoms with Gasteiger partial charge in [-0.15, -0.1) is 0 Å². The monoisotopic (exact) mass is 382 g/mol. The van der Waals surface area contributed by atoms with Crippen molar-refractivity contribution < 1.29 is 9.53 Å². The number of fused-ring (bicyclic) bond motifs is 3. The molecule has 0 bridgehead atoms. The quantitative estimate of drug-likeness (QED) is 0.309. The summed E-state index contributed by atoms with van der Waals surface area (Å²) in [7, 11) is 1.46. The van der Waals surface area contributed by atoms with E-state index in [1.165, 1.54) is 52.1 Å². The first-order valence-electron chi connectivity index (χ1n) is 11.5. The van der Waals surface area contributed by atoms with Gasteiger partial charge in [-0.25, -0.2) is 4.79 Å². The zero-order valence-electron chi connectivity index (χ0n) is 18.3. The molecule has 0 N–H and O–H groups in total. The Labute approximate surface area is 171 Å². The van der Waals surface area contributed by atoms with E-state index in [1.54, 1.807) is 11.1 Å². The molecule has 28 heavy (non-hydrogen) atoms. The van der Waals surface area contributed by atoms with Gasteiger partial charge in [0.15, 0.2) is 0 Å². The normalized spacial score (nSPS) is 40.6. The third-order valence-corrected chi connectivity index (χ3v) is 8.96. The topological polar surface area (TPSA) is 26.3 Å². The van der Waals surface area contributed by atoms with E-state index in [2.05, 4.69) is 32.6 Å². The molecule has 154 valence electrons. The van der Waals surface area contributed by atoms with E-state index >= 15 is 0 Å². The van der Waals surface area contributed by atoms with Gasteiger partial charge in [0.25, 0.3) is 0 Å². The van der Waals surface area contributed by atoms with E-state index in [-0.39, 0.29) is 5.97 Å². The third-order valence-electron chi connectivity index (χ3n) is 8.96. The lowest BCUT2D eigenvalue weighted by Crippen LogP contribution is -2.36. The Morgan fingerprint density at radius 2 is 2.18 bits per heavy atom. The van der Waals surface area contributed by atoms with Gasteiger partial charge in [-0.2, -0.15) is 0 Å². The molecular weight excluding hydrogens is 344 g/mol. The van der Waals surface area contributed by atoms with E-state index in [9.17, 15) is 4.79 Å². The van der Waals surface area contributed by atoms with Crippen molar-refractivity contribution in [3.05, 3.63) is 35.5 Å². The lowest BCUT2D eigenvalue weighted by molar-refractivity contribution is -0.136. The van der Waals surface area contributed by atoms with Gasteiger partial charge in [0.1, 0.15) is 0 Å². The van der Waals surface area contributed by atoms with Crippen LogP contribution in [0.2, 0.25) is 0 Å². The van der Waals surface area contributed by atoms with Crippen LogP contribution in [-0.4, -0.2) is 13.1 Å². The van der Waals surface area contributed by atoms with Gasteiger partial charge < -0.3 is 4.74 Å². The highest BCUT2D eigenvalue weighted by atomic mass is 16.5. The number of hydrogen-bond acceptors (Lipinski definition) is 2. The number of esters is 1. The molecule has 4 aliphatic carbocycles. The number of methoxy groups -OCH3 is 1. The molecule has 3 saturated carbocycles. The van der Waals surface area contributed by atoms with Crippen LogP contribution in [0.3, 0.4) is 0 Å². The summed E-state index contributed by atoms with van der Waals surface area (Å²) in [6.45, 7) is 11.5. The molecule has 3 fully saturated rings. The minimum absolute atomic E-state index is 0.195. The number of carbonyl (C=O) groups excluding carboxylic acids is 1. The van der Waals surface area contributed by atoms with Crippen LogP contribution in [0.15, 0.2) is 35.5 Å². The number of carbonyl (C=O) groups is 1. The fourth-order valence-corrected chi connectivity index (χ4v) is 7.41. The Morgan fingerprint density at radius 3 is 2.93 bits per heavy atom. The zero-order valence-corrected chi connectivity index (χ0v) is 18.3. The Hall–Kier alpha value is -1.31. The average Bonchev–Trinajstić information content (AvgIpc) is 3.36. The maximum Gasteiger partial charge on any atom is 0.333 e. The van der Waals surface area contributed by atoms with Crippen LogP contribution in [0.25, 0.3) is 0 Å². The van der Waals surface area contributed by atoms with Crippen molar-refractivity contribution in [2.24, 2.45) is 40.9 Å². The van der Waals surface area contributed by atoms with Gasteiger partial charge in [0.2, 0.25) is 0 Å². The zero-order chi connectivity index (χ0) is 20.1. The van der Waals surface area contributed by atoms with Crippen molar-refractivity contribution >= 4 is 5.97 Å². The van der Waals surface area contributed by atoms with E-state index in [0.29, 0.717) is 11.3 Å². The maximum atomic E-state index is 11.6. The van der Waals surface area contributed by atoms with E-state index < -0.39 is 0 Å². The summed E-state index contributed by atoms with van der Waals surface area (Å²) in [4.78, 5) is 11.6. The summed E-state index contributed by atoms with van der Waals surface area (Å²) in [5.41, 5.74) is 4.66. The predicted molar refractivity (Wildman–Crippen MR) is 115 cm³/mol. The maximum absolute atomic E-state index is 11.6. The minimum Gasteiger partial charge on any atom is -0.466 e. The molecule has 4 rings (SSSR count). The van der Waals surface area contributed by atoms with Crippen LogP contribution in [0.5, 0.6) is 0 Å². The summed E-state index contributed by atoms with van der Waals surface area (Å²) < 4.78 is 4.83. The first kappa shape index (κ1) is 20.0. The Balaban J connectivity index is 1.51. The number of ether oxygens (including phenoxy) is 1. The summed E-state index contributed by atoms with van der Waals surface area (Å²) >= 11 is 0. The molecule has 7 atom stereocenters. The van der Waals surface area contributed by atoms with Gasteiger partial charge in [0, 0.05) is 5.57 Å². The molecule has 0 aliphatic heterocycles. The lowest BCUT2D eigenvalue weighted by Gasteiger charge is -2.44. The second kappa shape index (κ2) is 7.50. The van der Waals surface area contributed by atoms with E-state index in [4.69, 9.17) is 4.74 Å². The minimum atomic E-state index is -0.195. The molecule has 2 nitrogen and oxygen atoms in total. The first-order chi connectivity index (χ1) is 13.4. The Kier molecular flexibility index (Phi) is 5.35. The Morgan fingerprint density at radius 1 is 1.39 bits per heavy atom. The van der Waals surface area contributed by atoms with Crippen molar-refractivity contribution in [3.63, 3.8) is 0 Å². The highest BCUT2D eigenvalue weighted by Gasteiger charge is 2.68. The second-order valence-corrected chi connectivity index (χ2v) is 10.3. The van der Waals surface area contributed by atoms with Gasteiger partial charge in [-0.05, 0) is 99.2 Å². The molecule has 0 aromatic rings. The largest absolute Gasteiger partial charge is 0.466 e. The molecule has 2 heteroatoms. The summed E-state index contributed by atoms with van der Waals surface area (Å²) in [5.74, 6) is 4.67. The molecule has 0 radical (unpaired) electrons. The van der Waals surface area contributed by atoms with Crippen molar-refractivity contribution in [2.75, 3.05) is 7.11 Å². The first-order valence-corrected chi connectivity index (χ1v) is 11.5. The highest BCUT2D eigenvalue weighted by Crippen LogP contribution is 2.75. The molecule has 0 saturated heterocycles. The van der Waals surface area contributed by atoms with E-state index in [0.717, 1.165) is 41.6 Å². The standard InChI is InChI=1S/C26H38O2/c1-16(8-6-9-18(3)25(27)28-5)20-13-11-17(2)21-14-12-19-10-7-15-26(4)23(19)24(26)22(20)21/h9-10,16,20-24H,2,6-8,11-15H2,1,3-5H3. The predicted octanol–water partition coefficient (Wildman–Crippen LogP) is 6.49. The summed E-state index contributed by atoms with van der Waals surface area (Å²) in [6.07, 6.45) is 14.7. The van der Waals surface area contributed by atoms with Crippen molar-refractivity contribution in [1.29, 1.82) is 0 Å². The van der Waals surface area contributed by atoms with Gasteiger partial charge in [-0.3, -0.25) is 0 Å². The fraction of sp³-hybridized carbons (Fsp3) is 0.731. The van der Waals surface area contributed by atoms with Gasteiger partial charge >= 0.3 is 5.97 Å². The van der Waals surface area contributed by atoms with Crippen LogP contribution >= 0.6 is 0 Å². The van der Waals surface area contributed by atoms with Crippen molar-refractivity contribution in [1.82, 2.24) is 0 Å². The molecule has 0 aromatic carbocycles. The number of allylic oxidation sites excluding steroid dienone is 4. The highest BCUT2D eigenvalue weighted by molar-refractivity contribution is 5.87. The summed E-state index contributed by atoms with van der Waals surface area (Å²) in [5, 5.41) is 0. The van der Waals surface area contributed by atoms with Crippen LogP contribution in [0.1, 0.15) is 72.1 Å². The number of rotatable bonds is 5. The average molecular weight is 383 g/mol. The molecule has 4 aliphatic rings.